The van der Waals surface area contributed by atoms with Gasteiger partial charge >= 0.3 is 0 Å². The van der Waals surface area contributed by atoms with Gasteiger partial charge < -0.3 is 30.3 Å². The summed E-state index contributed by atoms with van der Waals surface area (Å²) in [6.45, 7) is -0.760. The van der Waals surface area contributed by atoms with Gasteiger partial charge in [-0.15, -0.1) is 0 Å². The van der Waals surface area contributed by atoms with Crippen LogP contribution in [0.2, 0.25) is 0 Å². The van der Waals surface area contributed by atoms with E-state index >= 15 is 0 Å². The van der Waals surface area contributed by atoms with Gasteiger partial charge in [0.15, 0.2) is 6.29 Å². The molecule has 6 heteroatoms. The van der Waals surface area contributed by atoms with Crippen molar-refractivity contribution >= 4 is 6.29 Å². The minimum Gasteiger partial charge on any atom is -0.394 e. The van der Waals surface area contributed by atoms with Crippen LogP contribution in [0.3, 0.4) is 0 Å². The lowest BCUT2D eigenvalue weighted by Gasteiger charge is -2.22. The first-order valence-electron chi connectivity index (χ1n) is 3.33. The molecule has 6 nitrogen and oxygen atoms in total. The monoisotopic (exact) mass is 197 g/mol. The highest BCUT2D eigenvalue weighted by Crippen LogP contribution is 2.02. The number of aldehydes is 1. The van der Waals surface area contributed by atoms with Crippen molar-refractivity contribution < 1.29 is 30.3 Å². The third-order valence-corrected chi connectivity index (χ3v) is 1.42. The lowest BCUT2D eigenvalue weighted by molar-refractivity contribution is -0.136. The summed E-state index contributed by atoms with van der Waals surface area (Å²) in [5.41, 5.74) is 0. The predicted molar refractivity (Wildman–Crippen MR) is 43.9 cm³/mol. The average molecular weight is 197 g/mol. The van der Waals surface area contributed by atoms with Gasteiger partial charge in [-0.1, -0.05) is 7.43 Å². The predicted octanol–water partition coefficient (Wildman–Crippen LogP) is -2.74. The maximum absolute atomic E-state index is 9.90. The minimum atomic E-state index is -1.79. The average Bonchev–Trinajstić information content (AvgIpc) is 2.12. The second-order valence-electron chi connectivity index (χ2n) is 2.36. The van der Waals surface area contributed by atoms with E-state index in [-0.39, 0.29) is 13.7 Å². The lowest BCUT2D eigenvalue weighted by Crippen LogP contribution is -2.46. The van der Waals surface area contributed by atoms with E-state index in [9.17, 15) is 4.79 Å². The SMILES string of the molecule is C.O=[13CH][C@H](O)[C@@H](O)[C@H](O)[C@H](O)CO. The Balaban J connectivity index is 0. The summed E-state index contributed by atoms with van der Waals surface area (Å²) in [5.74, 6) is 0. The van der Waals surface area contributed by atoms with Crippen molar-refractivity contribution in [1.29, 1.82) is 0 Å². The Morgan fingerprint density at radius 2 is 1.54 bits per heavy atom. The van der Waals surface area contributed by atoms with Gasteiger partial charge in [-0.25, -0.2) is 0 Å². The fraction of sp³-hybridized carbons (Fsp3) is 0.857. The molecule has 0 fully saturated rings. The largest absolute Gasteiger partial charge is 0.394 e. The van der Waals surface area contributed by atoms with Crippen LogP contribution in [0.15, 0.2) is 0 Å². The van der Waals surface area contributed by atoms with Crippen LogP contribution in [0.1, 0.15) is 7.43 Å². The highest BCUT2D eigenvalue weighted by atomic mass is 16.4. The van der Waals surface area contributed by atoms with E-state index in [2.05, 4.69) is 0 Å². The van der Waals surface area contributed by atoms with E-state index in [0.717, 1.165) is 0 Å². The fourth-order valence-electron chi connectivity index (χ4n) is 0.618. The Kier molecular flexibility index (Phi) is 7.98. The van der Waals surface area contributed by atoms with Crippen LogP contribution < -0.4 is 0 Å². The number of carbonyl (C=O) groups excluding carboxylic acids is 1. The van der Waals surface area contributed by atoms with Crippen LogP contribution >= 0.6 is 0 Å². The number of hydrogen-bond donors (Lipinski definition) is 5. The van der Waals surface area contributed by atoms with Crippen molar-refractivity contribution in [3.05, 3.63) is 0 Å². The van der Waals surface area contributed by atoms with Crippen LogP contribution in [-0.2, 0) is 4.79 Å². The van der Waals surface area contributed by atoms with Crippen molar-refractivity contribution in [3.8, 4) is 0 Å². The first-order chi connectivity index (χ1) is 5.54. The smallest absolute Gasteiger partial charge is 0.151 e. The molecular formula is C7H16O6. The maximum atomic E-state index is 9.90. The van der Waals surface area contributed by atoms with Gasteiger partial charge in [0, 0.05) is 0 Å². The Labute approximate surface area is 76.1 Å². The molecule has 0 aromatic rings. The van der Waals surface area contributed by atoms with Gasteiger partial charge in [-0.05, 0) is 0 Å². The van der Waals surface area contributed by atoms with Gasteiger partial charge in [0.1, 0.15) is 24.4 Å². The Bertz CT molecular complexity index is 139. The molecular weight excluding hydrogens is 181 g/mol. The zero-order valence-electron chi connectivity index (χ0n) is 6.24. The first kappa shape index (κ1) is 15.0. The van der Waals surface area contributed by atoms with E-state index in [1.807, 2.05) is 0 Å². The van der Waals surface area contributed by atoms with Crippen LogP contribution in [0.4, 0.5) is 0 Å². The van der Waals surface area contributed by atoms with Gasteiger partial charge in [0.05, 0.1) is 6.61 Å². The van der Waals surface area contributed by atoms with Crippen LogP contribution in [0.5, 0.6) is 0 Å². The maximum Gasteiger partial charge on any atom is 0.151 e. The number of hydrogen-bond acceptors (Lipinski definition) is 6. The Morgan fingerprint density at radius 3 is 1.85 bits per heavy atom. The van der Waals surface area contributed by atoms with Gasteiger partial charge in [-0.2, -0.15) is 0 Å². The Morgan fingerprint density at radius 1 is 1.08 bits per heavy atom. The zero-order valence-corrected chi connectivity index (χ0v) is 6.24. The molecule has 5 N–H and O–H groups in total. The van der Waals surface area contributed by atoms with E-state index in [1.54, 1.807) is 0 Å². The van der Waals surface area contributed by atoms with Gasteiger partial charge in [-0.3, -0.25) is 0 Å². The van der Waals surface area contributed by atoms with Crippen LogP contribution in [0, 0.1) is 0 Å². The molecule has 0 aliphatic rings. The second-order valence-corrected chi connectivity index (χ2v) is 2.36. The molecule has 0 spiro atoms. The molecule has 0 amide bonds. The van der Waals surface area contributed by atoms with E-state index in [4.69, 9.17) is 25.5 Å². The van der Waals surface area contributed by atoms with Crippen molar-refractivity contribution in [3.63, 3.8) is 0 Å². The first-order valence-corrected chi connectivity index (χ1v) is 3.33. The lowest BCUT2D eigenvalue weighted by atomic mass is 10.1. The summed E-state index contributed by atoms with van der Waals surface area (Å²) in [6, 6.07) is 0. The molecule has 13 heavy (non-hydrogen) atoms. The topological polar surface area (TPSA) is 118 Å². The Hall–Kier alpha value is -0.530. The quantitative estimate of drug-likeness (QED) is 0.241. The van der Waals surface area contributed by atoms with Crippen molar-refractivity contribution in [2.75, 3.05) is 6.61 Å². The third-order valence-electron chi connectivity index (χ3n) is 1.42. The molecule has 0 heterocycles. The van der Waals surface area contributed by atoms with Crippen molar-refractivity contribution in [1.82, 2.24) is 0 Å². The molecule has 0 aliphatic carbocycles. The molecule has 0 aromatic carbocycles. The zero-order chi connectivity index (χ0) is 9.72. The van der Waals surface area contributed by atoms with Crippen LogP contribution in [0.25, 0.3) is 0 Å². The highest BCUT2D eigenvalue weighted by molar-refractivity contribution is 5.56. The number of aliphatic hydroxyl groups is 5. The third kappa shape index (κ3) is 4.30. The standard InChI is InChI=1S/C6H12O6.CH4/c7-1-3(9)5(11)6(12)4(10)2-8;/h1,3-6,8-12H,2H2;1H4/t3-,4+,5+,6+;/m0./s1/i1+1;. The van der Waals surface area contributed by atoms with Gasteiger partial charge in [0.25, 0.3) is 0 Å². The molecule has 0 rings (SSSR count). The summed E-state index contributed by atoms with van der Waals surface area (Å²) in [6.07, 6.45) is -6.84. The fourth-order valence-corrected chi connectivity index (χ4v) is 0.618. The molecule has 0 aliphatic heterocycles. The molecule has 0 radical (unpaired) electrons. The molecule has 0 aromatic heterocycles. The molecule has 0 saturated carbocycles. The summed E-state index contributed by atoms with van der Waals surface area (Å²) in [7, 11) is 0. The summed E-state index contributed by atoms with van der Waals surface area (Å²) < 4.78 is 0. The molecule has 4 atom stereocenters. The summed E-state index contributed by atoms with van der Waals surface area (Å²) >= 11 is 0. The molecule has 0 saturated heterocycles. The summed E-state index contributed by atoms with van der Waals surface area (Å²) in [4.78, 5) is 9.90. The minimum absolute atomic E-state index is 0. The van der Waals surface area contributed by atoms with Gasteiger partial charge in [0.2, 0.25) is 0 Å². The van der Waals surface area contributed by atoms with E-state index in [0.29, 0.717) is 0 Å². The van der Waals surface area contributed by atoms with Crippen LogP contribution in [-0.4, -0.2) is 62.8 Å². The van der Waals surface area contributed by atoms with Crippen molar-refractivity contribution in [2.45, 2.75) is 31.8 Å². The molecule has 0 bridgehead atoms. The normalized spacial score (nSPS) is 19.5. The second kappa shape index (κ2) is 6.93. The van der Waals surface area contributed by atoms with E-state index in [1.165, 1.54) is 0 Å². The molecule has 0 unspecified atom stereocenters. The number of rotatable bonds is 5. The number of carbonyl (C=O) groups is 1. The van der Waals surface area contributed by atoms with E-state index < -0.39 is 31.0 Å². The summed E-state index contributed by atoms with van der Waals surface area (Å²) in [5, 5.41) is 43.5. The molecule has 80 valence electrons. The highest BCUT2D eigenvalue weighted by Gasteiger charge is 2.29. The number of aliphatic hydroxyl groups excluding tert-OH is 5. The van der Waals surface area contributed by atoms with Crippen molar-refractivity contribution in [2.24, 2.45) is 0 Å².